The molecule has 152 valence electrons. The lowest BCUT2D eigenvalue weighted by molar-refractivity contribution is 0.128. The Balaban J connectivity index is 1.53. The van der Waals surface area contributed by atoms with E-state index in [0.717, 1.165) is 36.2 Å². The Morgan fingerprint density at radius 1 is 0.852 bits per heavy atom. The van der Waals surface area contributed by atoms with Gasteiger partial charge in [0.2, 0.25) is 0 Å². The molecule has 2 fully saturated rings. The Hall–Kier alpha value is -0.960. The van der Waals surface area contributed by atoms with Crippen LogP contribution < -0.4 is 0 Å². The monoisotopic (exact) mass is 378 g/mol. The van der Waals surface area contributed by atoms with E-state index in [-0.39, 0.29) is 12.2 Å². The summed E-state index contributed by atoms with van der Waals surface area (Å²) >= 11 is 0. The molecule has 27 heavy (non-hydrogen) atoms. The largest absolute Gasteiger partial charge is 0.377 e. The second kappa shape index (κ2) is 10.0. The maximum Gasteiger partial charge on any atom is 0.131 e. The molecule has 0 spiro atoms. The third-order valence-corrected chi connectivity index (χ3v) is 7.11. The highest BCUT2D eigenvalue weighted by Gasteiger charge is 2.31. The maximum atomic E-state index is 14.3. The van der Waals surface area contributed by atoms with Gasteiger partial charge in [-0.2, -0.15) is 0 Å². The summed E-state index contributed by atoms with van der Waals surface area (Å²) in [5, 5.41) is 0. The number of rotatable bonds is 7. The maximum absolute atomic E-state index is 14.3. The van der Waals surface area contributed by atoms with E-state index >= 15 is 0 Å². The first-order chi connectivity index (χ1) is 13.1. The van der Waals surface area contributed by atoms with E-state index in [2.05, 4.69) is 6.92 Å². The van der Waals surface area contributed by atoms with Gasteiger partial charge < -0.3 is 4.74 Å². The van der Waals surface area contributed by atoms with Crippen LogP contribution in [0.25, 0.3) is 0 Å². The van der Waals surface area contributed by atoms with Crippen molar-refractivity contribution in [3.63, 3.8) is 0 Å². The average Bonchev–Trinajstić information content (AvgIpc) is 2.68. The minimum atomic E-state index is -0.449. The molecule has 0 saturated heterocycles. The summed E-state index contributed by atoms with van der Waals surface area (Å²) in [6, 6.07) is 3.11. The second-order valence-electron chi connectivity index (χ2n) is 8.78. The van der Waals surface area contributed by atoms with Gasteiger partial charge >= 0.3 is 0 Å². The predicted molar refractivity (Wildman–Crippen MR) is 107 cm³/mol. The summed E-state index contributed by atoms with van der Waals surface area (Å²) in [7, 11) is 0. The van der Waals surface area contributed by atoms with Crippen molar-refractivity contribution in [3.05, 3.63) is 34.9 Å². The van der Waals surface area contributed by atoms with E-state index in [4.69, 9.17) is 4.74 Å². The van der Waals surface area contributed by atoms with Crippen LogP contribution in [-0.4, -0.2) is 6.61 Å². The van der Waals surface area contributed by atoms with Crippen molar-refractivity contribution in [2.24, 2.45) is 17.8 Å². The lowest BCUT2D eigenvalue weighted by Crippen LogP contribution is -2.25. The molecule has 0 radical (unpaired) electrons. The highest BCUT2D eigenvalue weighted by molar-refractivity contribution is 5.28. The van der Waals surface area contributed by atoms with Crippen LogP contribution in [0.4, 0.5) is 8.78 Å². The Bertz CT molecular complexity index is 561. The lowest BCUT2D eigenvalue weighted by atomic mass is 9.68. The van der Waals surface area contributed by atoms with Gasteiger partial charge in [-0.15, -0.1) is 0 Å². The van der Waals surface area contributed by atoms with Crippen LogP contribution in [0, 0.1) is 29.4 Å². The van der Waals surface area contributed by atoms with Gasteiger partial charge in [0, 0.05) is 12.2 Å². The van der Waals surface area contributed by atoms with Crippen LogP contribution in [0.1, 0.15) is 95.1 Å². The van der Waals surface area contributed by atoms with Crippen molar-refractivity contribution in [1.82, 2.24) is 0 Å². The first kappa shape index (κ1) is 20.8. The Morgan fingerprint density at radius 2 is 1.41 bits per heavy atom. The molecule has 0 atom stereocenters. The molecule has 2 saturated carbocycles. The zero-order chi connectivity index (χ0) is 19.2. The van der Waals surface area contributed by atoms with Gasteiger partial charge in [0.1, 0.15) is 11.6 Å². The third-order valence-electron chi connectivity index (χ3n) is 7.11. The second-order valence-corrected chi connectivity index (χ2v) is 8.78. The smallest absolute Gasteiger partial charge is 0.131 e. The molecule has 0 unspecified atom stereocenters. The van der Waals surface area contributed by atoms with Gasteiger partial charge in [-0.05, 0) is 86.8 Å². The van der Waals surface area contributed by atoms with E-state index in [0.29, 0.717) is 12.5 Å². The summed E-state index contributed by atoms with van der Waals surface area (Å²) in [5.74, 6) is 2.09. The Kier molecular flexibility index (Phi) is 7.69. The van der Waals surface area contributed by atoms with Crippen molar-refractivity contribution in [3.8, 4) is 0 Å². The van der Waals surface area contributed by atoms with Gasteiger partial charge in [-0.1, -0.05) is 32.6 Å². The normalized spacial score (nSPS) is 29.0. The van der Waals surface area contributed by atoms with Crippen LogP contribution >= 0.6 is 0 Å². The van der Waals surface area contributed by atoms with E-state index in [9.17, 15) is 8.78 Å². The molecule has 1 aromatic carbocycles. The SMILES string of the molecule is CCC[C@H]1CC[C@H]([C@H]2CC[C@H](c3cc(F)c(COCC)c(F)c3)CC2)CC1. The molecule has 0 amide bonds. The van der Waals surface area contributed by atoms with E-state index in [1.165, 1.54) is 51.4 Å². The molecule has 1 aromatic rings. The number of halogens is 2. The van der Waals surface area contributed by atoms with Gasteiger partial charge in [-0.3, -0.25) is 0 Å². The van der Waals surface area contributed by atoms with Crippen molar-refractivity contribution in [2.45, 2.75) is 90.6 Å². The number of hydrogen-bond donors (Lipinski definition) is 0. The molecule has 2 aliphatic rings. The molecule has 0 bridgehead atoms. The van der Waals surface area contributed by atoms with Gasteiger partial charge in [0.15, 0.2) is 0 Å². The lowest BCUT2D eigenvalue weighted by Gasteiger charge is -2.38. The van der Waals surface area contributed by atoms with Crippen LogP contribution in [0.5, 0.6) is 0 Å². The molecular formula is C24H36F2O. The molecule has 0 aliphatic heterocycles. The Morgan fingerprint density at radius 3 is 1.93 bits per heavy atom. The molecule has 3 heteroatoms. The van der Waals surface area contributed by atoms with Crippen molar-refractivity contribution in [2.75, 3.05) is 6.61 Å². The fourth-order valence-electron chi connectivity index (χ4n) is 5.48. The summed E-state index contributed by atoms with van der Waals surface area (Å²) in [5.41, 5.74) is 0.911. The summed E-state index contributed by atoms with van der Waals surface area (Å²) in [6.45, 7) is 4.61. The third kappa shape index (κ3) is 5.31. The molecule has 0 N–H and O–H groups in total. The van der Waals surface area contributed by atoms with E-state index in [1.54, 1.807) is 12.1 Å². The molecule has 1 nitrogen and oxygen atoms in total. The standard InChI is InChI=1S/C24H36F2O/c1-3-5-17-6-8-18(9-7-17)19-10-12-20(13-11-19)21-14-23(25)22(16-27-4-2)24(26)15-21/h14-15,17-20H,3-13,16H2,1-2H3/t17-,18-,19-,20-. The number of benzene rings is 1. The minimum absolute atomic E-state index is 0.0158. The predicted octanol–water partition coefficient (Wildman–Crippen LogP) is 7.38. The quantitative estimate of drug-likeness (QED) is 0.481. The fourth-order valence-corrected chi connectivity index (χ4v) is 5.48. The number of hydrogen-bond acceptors (Lipinski definition) is 1. The van der Waals surface area contributed by atoms with Crippen molar-refractivity contribution >= 4 is 0 Å². The average molecular weight is 379 g/mol. The van der Waals surface area contributed by atoms with Crippen molar-refractivity contribution in [1.29, 1.82) is 0 Å². The van der Waals surface area contributed by atoms with Crippen LogP contribution in [-0.2, 0) is 11.3 Å². The van der Waals surface area contributed by atoms with Gasteiger partial charge in [0.05, 0.1) is 6.61 Å². The first-order valence-corrected chi connectivity index (χ1v) is 11.2. The molecular weight excluding hydrogens is 342 g/mol. The van der Waals surface area contributed by atoms with Crippen molar-refractivity contribution < 1.29 is 13.5 Å². The Labute approximate surface area is 163 Å². The minimum Gasteiger partial charge on any atom is -0.377 e. The highest BCUT2D eigenvalue weighted by atomic mass is 19.1. The highest BCUT2D eigenvalue weighted by Crippen LogP contribution is 2.44. The molecule has 0 heterocycles. The summed E-state index contributed by atoms with van der Waals surface area (Å²) in [6.07, 6.45) is 12.9. The zero-order valence-corrected chi connectivity index (χ0v) is 17.1. The van der Waals surface area contributed by atoms with Crippen LogP contribution in [0.2, 0.25) is 0 Å². The molecule has 3 rings (SSSR count). The topological polar surface area (TPSA) is 9.23 Å². The number of ether oxygens (including phenoxy) is 1. The zero-order valence-electron chi connectivity index (χ0n) is 17.1. The van der Waals surface area contributed by atoms with Crippen LogP contribution in [0.3, 0.4) is 0 Å². The molecule has 0 aromatic heterocycles. The summed E-state index contributed by atoms with van der Waals surface area (Å²) in [4.78, 5) is 0. The summed E-state index contributed by atoms with van der Waals surface area (Å²) < 4.78 is 33.9. The fraction of sp³-hybridized carbons (Fsp3) is 0.750. The first-order valence-electron chi connectivity index (χ1n) is 11.2. The van der Waals surface area contributed by atoms with Gasteiger partial charge in [-0.25, -0.2) is 8.78 Å². The van der Waals surface area contributed by atoms with E-state index < -0.39 is 11.6 Å². The van der Waals surface area contributed by atoms with Crippen LogP contribution in [0.15, 0.2) is 12.1 Å². The molecule has 2 aliphatic carbocycles. The van der Waals surface area contributed by atoms with Gasteiger partial charge in [0.25, 0.3) is 0 Å². The van der Waals surface area contributed by atoms with E-state index in [1.807, 2.05) is 6.92 Å².